The molecule has 0 spiro atoms. The van der Waals surface area contributed by atoms with Crippen LogP contribution in [0.4, 0.5) is 0 Å². The van der Waals surface area contributed by atoms with Gasteiger partial charge in [0.2, 0.25) is 5.52 Å². The van der Waals surface area contributed by atoms with Crippen LogP contribution in [0.2, 0.25) is 0 Å². The van der Waals surface area contributed by atoms with Crippen LogP contribution in [0.5, 0.6) is 0 Å². The van der Waals surface area contributed by atoms with Crippen molar-refractivity contribution >= 4 is 59.8 Å². The maximum atomic E-state index is 2.55. The smallest absolute Gasteiger partial charge is 0.224 e. The van der Waals surface area contributed by atoms with Crippen LogP contribution < -0.4 is 4.57 Å². The lowest BCUT2D eigenvalue weighted by atomic mass is 9.85. The van der Waals surface area contributed by atoms with Crippen LogP contribution in [-0.2, 0) is 13.5 Å². The van der Waals surface area contributed by atoms with Gasteiger partial charge < -0.3 is 4.40 Å². The summed E-state index contributed by atoms with van der Waals surface area (Å²) in [6.45, 7) is 11.5. The van der Waals surface area contributed by atoms with E-state index in [1.54, 1.807) is 0 Å². The van der Waals surface area contributed by atoms with Crippen LogP contribution in [0.1, 0.15) is 37.5 Å². The summed E-state index contributed by atoms with van der Waals surface area (Å²) in [6, 6.07) is 23.0. The highest BCUT2D eigenvalue weighted by atomic mass is 15.0. The Bertz CT molecular complexity index is 1980. The number of benzene rings is 4. The number of hydrogen-bond donors (Lipinski definition) is 0. The van der Waals surface area contributed by atoms with Crippen LogP contribution in [0.3, 0.4) is 0 Å². The Balaban J connectivity index is 1.86. The molecule has 0 fully saturated rings. The number of para-hydroxylation sites is 1. The number of pyridine rings is 2. The predicted molar refractivity (Wildman–Crippen MR) is 150 cm³/mol. The quantitative estimate of drug-likeness (QED) is 0.134. The Labute approximate surface area is 205 Å². The molecule has 7 rings (SSSR count). The number of aromatic nitrogens is 2. The first-order chi connectivity index (χ1) is 16.7. The van der Waals surface area contributed by atoms with E-state index in [1.807, 2.05) is 0 Å². The predicted octanol–water partition coefficient (Wildman–Crippen LogP) is 8.17. The molecule has 172 valence electrons. The molecule has 0 saturated heterocycles. The zero-order chi connectivity index (χ0) is 24.2. The van der Waals surface area contributed by atoms with Crippen LogP contribution in [0.15, 0.2) is 66.9 Å². The maximum Gasteiger partial charge on any atom is 0.224 e. The van der Waals surface area contributed by atoms with E-state index in [-0.39, 0.29) is 5.41 Å². The van der Waals surface area contributed by atoms with Crippen LogP contribution in [-0.4, -0.2) is 4.40 Å². The van der Waals surface area contributed by atoms with Crippen molar-refractivity contribution in [3.63, 3.8) is 0 Å². The van der Waals surface area contributed by atoms with Gasteiger partial charge >= 0.3 is 0 Å². The van der Waals surface area contributed by atoms with Crippen molar-refractivity contribution in [1.29, 1.82) is 0 Å². The number of aryl methyl sites for hydroxylation is 3. The van der Waals surface area contributed by atoms with Gasteiger partial charge in [-0.1, -0.05) is 57.2 Å². The van der Waals surface area contributed by atoms with Crippen molar-refractivity contribution in [2.75, 3.05) is 0 Å². The number of hydrogen-bond acceptors (Lipinski definition) is 0. The molecule has 0 radical (unpaired) electrons. The van der Waals surface area contributed by atoms with Crippen LogP contribution in [0.25, 0.3) is 59.8 Å². The van der Waals surface area contributed by atoms with Gasteiger partial charge in [0, 0.05) is 22.2 Å². The van der Waals surface area contributed by atoms with Crippen molar-refractivity contribution < 1.29 is 4.57 Å². The highest BCUT2D eigenvalue weighted by Crippen LogP contribution is 2.43. The number of nitrogens with zero attached hydrogens (tertiary/aromatic N) is 2. The second-order valence-electron chi connectivity index (χ2n) is 11.7. The van der Waals surface area contributed by atoms with E-state index in [2.05, 4.69) is 117 Å². The van der Waals surface area contributed by atoms with Crippen LogP contribution in [0, 0.1) is 19.3 Å². The average Bonchev–Trinajstić information content (AvgIpc) is 3.14. The fourth-order valence-electron chi connectivity index (χ4n) is 6.46. The molecule has 0 saturated carbocycles. The van der Waals surface area contributed by atoms with Crippen LogP contribution >= 0.6 is 0 Å². The van der Waals surface area contributed by atoms with Gasteiger partial charge in [0.15, 0.2) is 6.20 Å². The van der Waals surface area contributed by atoms with Gasteiger partial charge in [0.05, 0.1) is 27.3 Å². The fourth-order valence-corrected chi connectivity index (χ4v) is 6.46. The molecule has 2 heteroatoms. The minimum absolute atomic E-state index is 0.226. The van der Waals surface area contributed by atoms with Crippen molar-refractivity contribution in [3.8, 4) is 0 Å². The average molecular weight is 456 g/mol. The molecule has 0 unspecified atom stereocenters. The van der Waals surface area contributed by atoms with E-state index in [1.165, 1.54) is 76.5 Å². The van der Waals surface area contributed by atoms with Gasteiger partial charge in [-0.25, -0.2) is 4.57 Å². The van der Waals surface area contributed by atoms with Crippen molar-refractivity contribution in [3.05, 3.63) is 83.6 Å². The van der Waals surface area contributed by atoms with Crippen molar-refractivity contribution in [2.45, 2.75) is 41.0 Å². The van der Waals surface area contributed by atoms with E-state index in [0.717, 1.165) is 6.42 Å². The monoisotopic (exact) mass is 455 g/mol. The second-order valence-corrected chi connectivity index (χ2v) is 11.7. The first-order valence-electron chi connectivity index (χ1n) is 12.7. The van der Waals surface area contributed by atoms with E-state index in [4.69, 9.17) is 0 Å². The maximum absolute atomic E-state index is 2.55. The molecule has 0 amide bonds. The summed E-state index contributed by atoms with van der Waals surface area (Å²) in [5.41, 5.74) is 9.66. The molecule has 4 aromatic carbocycles. The summed E-state index contributed by atoms with van der Waals surface area (Å²) in [4.78, 5) is 0. The lowest BCUT2D eigenvalue weighted by Crippen LogP contribution is -2.29. The summed E-state index contributed by atoms with van der Waals surface area (Å²) in [6.07, 6.45) is 3.31. The largest absolute Gasteiger partial charge is 0.307 e. The summed E-state index contributed by atoms with van der Waals surface area (Å²) < 4.78 is 4.88. The van der Waals surface area contributed by atoms with Gasteiger partial charge in [-0.05, 0) is 71.3 Å². The first kappa shape index (κ1) is 20.7. The molecule has 0 bridgehead atoms. The summed E-state index contributed by atoms with van der Waals surface area (Å²) in [5.74, 6) is 0. The molecule has 0 N–H and O–H groups in total. The van der Waals surface area contributed by atoms with Gasteiger partial charge in [-0.15, -0.1) is 0 Å². The van der Waals surface area contributed by atoms with Gasteiger partial charge in [-0.2, -0.15) is 0 Å². The molecule has 2 nitrogen and oxygen atoms in total. The van der Waals surface area contributed by atoms with Gasteiger partial charge in [-0.3, -0.25) is 0 Å². The summed E-state index contributed by atoms with van der Waals surface area (Å²) in [7, 11) is 2.20. The highest BCUT2D eigenvalue weighted by molar-refractivity contribution is 6.29. The van der Waals surface area contributed by atoms with E-state index in [9.17, 15) is 0 Å². The zero-order valence-corrected chi connectivity index (χ0v) is 21.5. The summed E-state index contributed by atoms with van der Waals surface area (Å²) >= 11 is 0. The molecule has 0 atom stereocenters. The molecule has 35 heavy (non-hydrogen) atoms. The number of rotatable bonds is 1. The summed E-state index contributed by atoms with van der Waals surface area (Å²) in [5, 5.41) is 9.50. The lowest BCUT2D eigenvalue weighted by molar-refractivity contribution is -0.643. The zero-order valence-electron chi connectivity index (χ0n) is 21.5. The molecule has 0 aliphatic carbocycles. The molecule has 3 heterocycles. The fraction of sp³-hybridized carbons (Fsp3) is 0.242. The first-order valence-corrected chi connectivity index (χ1v) is 12.7. The van der Waals surface area contributed by atoms with Gasteiger partial charge in [0.1, 0.15) is 7.05 Å². The minimum atomic E-state index is 0.226. The highest BCUT2D eigenvalue weighted by Gasteiger charge is 2.26. The standard InChI is InChI=1S/C33H31N2/c1-19-16-26-23-11-7-8-13-27(23)35-28-17-25-21(18-33(3,4)5)10-9-12-22(25)24-14-15-34(6)32(30(24)28)29(20(19)2)31(26)35/h7-17H,18H2,1-6H3/q+1. The third-order valence-corrected chi connectivity index (χ3v) is 8.02. The molecular formula is C33H31N2+. The normalized spacial score (nSPS) is 13.0. The molecule has 0 aliphatic rings. The third-order valence-electron chi connectivity index (χ3n) is 8.02. The van der Waals surface area contributed by atoms with Gasteiger partial charge in [0.25, 0.3) is 0 Å². The second kappa shape index (κ2) is 6.73. The third kappa shape index (κ3) is 2.68. The Morgan fingerprint density at radius 1 is 0.743 bits per heavy atom. The lowest BCUT2D eigenvalue weighted by Gasteiger charge is -2.21. The molecular weight excluding hydrogens is 424 g/mol. The Hall–Kier alpha value is -3.65. The Morgan fingerprint density at radius 2 is 1.51 bits per heavy atom. The molecule has 0 aliphatic heterocycles. The molecule has 7 aromatic rings. The minimum Gasteiger partial charge on any atom is -0.307 e. The molecule has 3 aromatic heterocycles. The Kier molecular flexibility index (Phi) is 3.98. The number of fused-ring (bicyclic) bond motifs is 7. The van der Waals surface area contributed by atoms with E-state index >= 15 is 0 Å². The van der Waals surface area contributed by atoms with Crippen molar-refractivity contribution in [2.24, 2.45) is 12.5 Å². The Morgan fingerprint density at radius 3 is 2.31 bits per heavy atom. The van der Waals surface area contributed by atoms with Crippen molar-refractivity contribution in [1.82, 2.24) is 4.40 Å². The van der Waals surface area contributed by atoms with E-state index in [0.29, 0.717) is 0 Å². The topological polar surface area (TPSA) is 8.29 Å². The SMILES string of the molecule is Cc1cc2c3ccccc3n3c4cc5c(CC(C)(C)C)cccc5c5cc[n+](C)c(c(c1C)c23)c54. The van der Waals surface area contributed by atoms with E-state index < -0.39 is 0 Å².